The van der Waals surface area contributed by atoms with Crippen LogP contribution >= 0.6 is 12.4 Å². The monoisotopic (exact) mass is 378 g/mol. The van der Waals surface area contributed by atoms with Crippen molar-refractivity contribution in [3.8, 4) is 11.4 Å². The molecule has 2 atom stereocenters. The molecule has 3 rings (SSSR count). The Kier molecular flexibility index (Phi) is 7.53. The van der Waals surface area contributed by atoms with Crippen LogP contribution in [0.15, 0.2) is 30.3 Å². The Labute approximate surface area is 160 Å². The second-order valence-electron chi connectivity index (χ2n) is 6.95. The van der Waals surface area contributed by atoms with Crippen LogP contribution in [-0.2, 0) is 4.79 Å². The van der Waals surface area contributed by atoms with Gasteiger partial charge in [-0.15, -0.1) is 22.6 Å². The first-order valence-corrected chi connectivity index (χ1v) is 8.98. The van der Waals surface area contributed by atoms with Gasteiger partial charge >= 0.3 is 0 Å². The van der Waals surface area contributed by atoms with E-state index in [0.29, 0.717) is 18.3 Å². The van der Waals surface area contributed by atoms with Crippen molar-refractivity contribution in [3.63, 3.8) is 0 Å². The zero-order chi connectivity index (χ0) is 17.6. The van der Waals surface area contributed by atoms with Crippen molar-refractivity contribution < 1.29 is 4.79 Å². The number of hydrogen-bond donors (Lipinski definition) is 2. The highest BCUT2D eigenvalue weighted by Gasteiger charge is 2.27. The number of halogens is 1. The average Bonchev–Trinajstić information content (AvgIpc) is 3.11. The molecule has 2 N–H and O–H groups in total. The van der Waals surface area contributed by atoms with Crippen LogP contribution in [0.25, 0.3) is 11.4 Å². The molecular weight excluding hydrogens is 352 g/mol. The summed E-state index contributed by atoms with van der Waals surface area (Å²) in [6.07, 6.45) is 2.32. The number of amides is 1. The molecule has 7 nitrogen and oxygen atoms in total. The Hall–Kier alpha value is -1.99. The van der Waals surface area contributed by atoms with Crippen LogP contribution < -0.4 is 10.6 Å². The maximum atomic E-state index is 12.7. The summed E-state index contributed by atoms with van der Waals surface area (Å²) in [4.78, 5) is 14.2. The molecule has 1 aromatic heterocycles. The van der Waals surface area contributed by atoms with Crippen molar-refractivity contribution in [3.05, 3.63) is 30.3 Å². The number of nitrogens with zero attached hydrogens (tertiary/aromatic N) is 4. The van der Waals surface area contributed by atoms with E-state index in [1.54, 1.807) is 0 Å². The third kappa shape index (κ3) is 5.02. The fourth-order valence-corrected chi connectivity index (χ4v) is 3.17. The lowest BCUT2D eigenvalue weighted by molar-refractivity contribution is -0.126. The van der Waals surface area contributed by atoms with Gasteiger partial charge in [-0.05, 0) is 43.0 Å². The van der Waals surface area contributed by atoms with Crippen molar-refractivity contribution in [2.45, 2.75) is 32.7 Å². The van der Waals surface area contributed by atoms with Gasteiger partial charge in [-0.3, -0.25) is 4.79 Å². The minimum atomic E-state index is -0.457. The number of tetrazole rings is 1. The lowest BCUT2D eigenvalue weighted by Gasteiger charge is -2.25. The van der Waals surface area contributed by atoms with Crippen molar-refractivity contribution >= 4 is 18.3 Å². The van der Waals surface area contributed by atoms with Gasteiger partial charge in [0.25, 0.3) is 0 Å². The smallest absolute Gasteiger partial charge is 0.247 e. The Morgan fingerprint density at radius 3 is 2.77 bits per heavy atom. The fraction of sp³-hybridized carbons (Fsp3) is 0.556. The van der Waals surface area contributed by atoms with Gasteiger partial charge in [0.15, 0.2) is 6.04 Å². The molecule has 0 radical (unpaired) electrons. The van der Waals surface area contributed by atoms with E-state index in [1.807, 2.05) is 44.2 Å². The zero-order valence-electron chi connectivity index (χ0n) is 15.3. The van der Waals surface area contributed by atoms with E-state index in [-0.39, 0.29) is 24.2 Å². The molecule has 1 aliphatic rings. The largest absolute Gasteiger partial charge is 0.354 e. The van der Waals surface area contributed by atoms with Gasteiger partial charge in [-0.1, -0.05) is 44.2 Å². The number of hydrogen-bond acceptors (Lipinski definition) is 5. The highest BCUT2D eigenvalue weighted by Crippen LogP contribution is 2.19. The summed E-state index contributed by atoms with van der Waals surface area (Å²) in [6.45, 7) is 6.72. The van der Waals surface area contributed by atoms with Crippen molar-refractivity contribution in [1.29, 1.82) is 0 Å². The van der Waals surface area contributed by atoms with Crippen molar-refractivity contribution in [2.75, 3.05) is 19.6 Å². The third-order valence-electron chi connectivity index (χ3n) is 4.57. The van der Waals surface area contributed by atoms with Gasteiger partial charge in [0.1, 0.15) is 0 Å². The zero-order valence-corrected chi connectivity index (χ0v) is 16.1. The SMILES string of the molecule is CC(C)C(C(=O)NCC1CCCNC1)n1nnc(-c2ccccc2)n1.Cl. The van der Waals surface area contributed by atoms with Crippen LogP contribution in [0.5, 0.6) is 0 Å². The van der Waals surface area contributed by atoms with E-state index < -0.39 is 6.04 Å². The Morgan fingerprint density at radius 1 is 1.35 bits per heavy atom. The summed E-state index contributed by atoms with van der Waals surface area (Å²) in [7, 11) is 0. The van der Waals surface area contributed by atoms with Gasteiger partial charge in [0, 0.05) is 12.1 Å². The van der Waals surface area contributed by atoms with E-state index >= 15 is 0 Å². The molecule has 8 heteroatoms. The van der Waals surface area contributed by atoms with Gasteiger partial charge in [-0.2, -0.15) is 4.80 Å². The number of carbonyl (C=O) groups excluding carboxylic acids is 1. The molecule has 1 saturated heterocycles. The Balaban J connectivity index is 0.00000243. The number of nitrogens with one attached hydrogen (secondary N) is 2. The standard InChI is InChI=1S/C18H26N6O.ClH/c1-13(2)16(18(25)20-12-14-7-6-10-19-11-14)24-22-17(21-23-24)15-8-4-3-5-9-15;/h3-5,8-9,13-14,16,19H,6-7,10-12H2,1-2H3,(H,20,25);1H. The van der Waals surface area contributed by atoms with E-state index in [0.717, 1.165) is 25.1 Å². The first kappa shape index (κ1) is 20.3. The first-order chi connectivity index (χ1) is 12.1. The van der Waals surface area contributed by atoms with Crippen LogP contribution in [0.4, 0.5) is 0 Å². The number of aromatic nitrogens is 4. The van der Waals surface area contributed by atoms with Crippen molar-refractivity contribution in [1.82, 2.24) is 30.8 Å². The van der Waals surface area contributed by atoms with Crippen molar-refractivity contribution in [2.24, 2.45) is 11.8 Å². The lowest BCUT2D eigenvalue weighted by Crippen LogP contribution is -2.42. The van der Waals surface area contributed by atoms with Gasteiger partial charge in [0.2, 0.25) is 11.7 Å². The molecule has 1 aromatic carbocycles. The number of piperidine rings is 1. The molecule has 2 heterocycles. The second kappa shape index (κ2) is 9.64. The molecule has 1 aliphatic heterocycles. The molecular formula is C18H27ClN6O. The molecule has 0 spiro atoms. The lowest BCUT2D eigenvalue weighted by atomic mass is 9.99. The van der Waals surface area contributed by atoms with Crippen LogP contribution in [0.3, 0.4) is 0 Å². The summed E-state index contributed by atoms with van der Waals surface area (Å²) in [5.41, 5.74) is 0.893. The maximum absolute atomic E-state index is 12.7. The highest BCUT2D eigenvalue weighted by molar-refractivity contribution is 5.85. The maximum Gasteiger partial charge on any atom is 0.247 e. The van der Waals surface area contributed by atoms with Gasteiger partial charge in [0.05, 0.1) is 0 Å². The van der Waals surface area contributed by atoms with E-state index in [9.17, 15) is 4.79 Å². The molecule has 1 fully saturated rings. The summed E-state index contributed by atoms with van der Waals surface area (Å²) >= 11 is 0. The van der Waals surface area contributed by atoms with E-state index in [2.05, 4.69) is 26.0 Å². The number of rotatable bonds is 6. The number of carbonyl (C=O) groups is 1. The normalized spacial score (nSPS) is 18.2. The second-order valence-corrected chi connectivity index (χ2v) is 6.95. The predicted molar refractivity (Wildman–Crippen MR) is 103 cm³/mol. The summed E-state index contributed by atoms with van der Waals surface area (Å²) in [6, 6.07) is 9.21. The molecule has 0 bridgehead atoms. The summed E-state index contributed by atoms with van der Waals surface area (Å²) in [5.74, 6) is 1.06. The van der Waals surface area contributed by atoms with Crippen LogP contribution in [0.2, 0.25) is 0 Å². The van der Waals surface area contributed by atoms with E-state index in [1.165, 1.54) is 11.2 Å². The predicted octanol–water partition coefficient (Wildman–Crippen LogP) is 2.07. The summed E-state index contributed by atoms with van der Waals surface area (Å²) < 4.78 is 0. The molecule has 142 valence electrons. The highest BCUT2D eigenvalue weighted by atomic mass is 35.5. The van der Waals surface area contributed by atoms with Crippen LogP contribution in [0.1, 0.15) is 32.7 Å². The summed E-state index contributed by atoms with van der Waals surface area (Å²) in [5, 5.41) is 19.1. The number of benzene rings is 1. The topological polar surface area (TPSA) is 84.7 Å². The quantitative estimate of drug-likeness (QED) is 0.803. The molecule has 2 unspecified atom stereocenters. The molecule has 2 aromatic rings. The average molecular weight is 379 g/mol. The molecule has 0 saturated carbocycles. The third-order valence-corrected chi connectivity index (χ3v) is 4.57. The molecule has 26 heavy (non-hydrogen) atoms. The van der Waals surface area contributed by atoms with Gasteiger partial charge in [-0.25, -0.2) is 0 Å². The molecule has 0 aliphatic carbocycles. The fourth-order valence-electron chi connectivity index (χ4n) is 3.17. The van der Waals surface area contributed by atoms with Gasteiger partial charge < -0.3 is 10.6 Å². The first-order valence-electron chi connectivity index (χ1n) is 8.98. The minimum Gasteiger partial charge on any atom is -0.354 e. The van der Waals surface area contributed by atoms with E-state index in [4.69, 9.17) is 0 Å². The Morgan fingerprint density at radius 2 is 2.12 bits per heavy atom. The van der Waals surface area contributed by atoms with Crippen LogP contribution in [0, 0.1) is 11.8 Å². The van der Waals surface area contributed by atoms with Crippen LogP contribution in [-0.4, -0.2) is 45.7 Å². The minimum absolute atomic E-state index is 0. The molecule has 1 amide bonds. The Bertz CT molecular complexity index is 684.